The van der Waals surface area contributed by atoms with E-state index in [4.69, 9.17) is 12.2 Å². The second kappa shape index (κ2) is 4.04. The van der Waals surface area contributed by atoms with E-state index in [1.165, 1.54) is 0 Å². The fourth-order valence-electron chi connectivity index (χ4n) is 0.811. The van der Waals surface area contributed by atoms with E-state index < -0.39 is 0 Å². The fourth-order valence-corrected chi connectivity index (χ4v) is 0.908. The Kier molecular flexibility index (Phi) is 3.02. The molecule has 0 atom stereocenters. The molecule has 0 aromatic carbocycles. The highest BCUT2D eigenvalue weighted by atomic mass is 32.1. The van der Waals surface area contributed by atoms with E-state index in [0.29, 0.717) is 10.9 Å². The predicted molar refractivity (Wildman–Crippen MR) is 55.9 cm³/mol. The summed E-state index contributed by atoms with van der Waals surface area (Å²) >= 11 is 4.87. The maximum Gasteiger partial charge on any atom is 0.174 e. The molecule has 13 heavy (non-hydrogen) atoms. The number of thiocarbonyl (C=S) groups is 1. The van der Waals surface area contributed by atoms with Gasteiger partial charge in [-0.2, -0.15) is 0 Å². The van der Waals surface area contributed by atoms with Gasteiger partial charge < -0.3 is 15.7 Å². The van der Waals surface area contributed by atoms with Crippen LogP contribution in [0.5, 0.6) is 5.75 Å². The zero-order chi connectivity index (χ0) is 9.84. The third-order valence-electron chi connectivity index (χ3n) is 1.47. The van der Waals surface area contributed by atoms with Crippen molar-refractivity contribution in [2.45, 2.75) is 6.92 Å². The lowest BCUT2D eigenvalue weighted by atomic mass is 10.3. The summed E-state index contributed by atoms with van der Waals surface area (Å²) in [5.41, 5.74) is 0.819. The van der Waals surface area contributed by atoms with Crippen molar-refractivity contribution in [3.05, 3.63) is 17.8 Å². The molecule has 1 rings (SSSR count). The first-order valence-corrected chi connectivity index (χ1v) is 4.19. The van der Waals surface area contributed by atoms with Gasteiger partial charge in [0, 0.05) is 12.7 Å². The molecule has 0 bridgehead atoms. The van der Waals surface area contributed by atoms with Crippen molar-refractivity contribution in [1.82, 2.24) is 10.3 Å². The lowest BCUT2D eigenvalue weighted by Gasteiger charge is -2.07. The maximum absolute atomic E-state index is 9.37. The van der Waals surface area contributed by atoms with Gasteiger partial charge in [0.15, 0.2) is 16.7 Å². The number of aromatic hydroxyl groups is 1. The van der Waals surface area contributed by atoms with Crippen LogP contribution in [0.2, 0.25) is 0 Å². The van der Waals surface area contributed by atoms with E-state index in [9.17, 15) is 5.11 Å². The van der Waals surface area contributed by atoms with Crippen LogP contribution in [0.25, 0.3) is 0 Å². The number of hydrogen-bond donors (Lipinski definition) is 3. The van der Waals surface area contributed by atoms with Gasteiger partial charge in [0.05, 0.1) is 0 Å². The lowest BCUT2D eigenvalue weighted by molar-refractivity contribution is 0.475. The Morgan fingerprint density at radius 2 is 2.23 bits per heavy atom. The molecule has 0 saturated heterocycles. The fraction of sp³-hybridized carbons (Fsp3) is 0.250. The van der Waals surface area contributed by atoms with Crippen LogP contribution in [0.4, 0.5) is 5.82 Å². The molecule has 0 aliphatic heterocycles. The summed E-state index contributed by atoms with van der Waals surface area (Å²) in [5, 5.41) is 15.3. The number of aryl methyl sites for hydroxylation is 1. The van der Waals surface area contributed by atoms with Crippen molar-refractivity contribution in [3.63, 3.8) is 0 Å². The van der Waals surface area contributed by atoms with Gasteiger partial charge in [-0.1, -0.05) is 0 Å². The monoisotopic (exact) mass is 197 g/mol. The first kappa shape index (κ1) is 9.73. The number of rotatable bonds is 1. The van der Waals surface area contributed by atoms with Crippen LogP contribution in [0.15, 0.2) is 12.1 Å². The molecule has 0 radical (unpaired) electrons. The minimum atomic E-state index is 0.0863. The highest BCUT2D eigenvalue weighted by Gasteiger charge is 2.03. The minimum absolute atomic E-state index is 0.0863. The third kappa shape index (κ3) is 2.55. The second-order valence-electron chi connectivity index (χ2n) is 2.52. The maximum atomic E-state index is 9.37. The van der Waals surface area contributed by atoms with Crippen molar-refractivity contribution in [2.75, 3.05) is 12.4 Å². The van der Waals surface area contributed by atoms with Crippen LogP contribution in [0, 0.1) is 6.92 Å². The molecule has 0 amide bonds. The number of aromatic nitrogens is 1. The van der Waals surface area contributed by atoms with E-state index in [1.54, 1.807) is 19.2 Å². The second-order valence-corrected chi connectivity index (χ2v) is 2.93. The average molecular weight is 197 g/mol. The molecule has 5 heteroatoms. The SMILES string of the molecule is CNC(=S)Nc1nc(C)ccc1O. The third-order valence-corrected chi connectivity index (χ3v) is 1.78. The molecule has 1 aromatic rings. The molecule has 0 saturated carbocycles. The van der Waals surface area contributed by atoms with Gasteiger partial charge in [-0.05, 0) is 31.3 Å². The molecule has 0 spiro atoms. The Labute approximate surface area is 82.0 Å². The van der Waals surface area contributed by atoms with Gasteiger partial charge in [0.1, 0.15) is 0 Å². The van der Waals surface area contributed by atoms with E-state index in [1.807, 2.05) is 6.92 Å². The van der Waals surface area contributed by atoms with Gasteiger partial charge in [-0.25, -0.2) is 4.98 Å². The summed E-state index contributed by atoms with van der Waals surface area (Å²) in [7, 11) is 1.70. The summed E-state index contributed by atoms with van der Waals surface area (Å²) in [6, 6.07) is 3.30. The van der Waals surface area contributed by atoms with Crippen LogP contribution in [0.1, 0.15) is 5.69 Å². The highest BCUT2D eigenvalue weighted by molar-refractivity contribution is 7.80. The molecule has 4 nitrogen and oxygen atoms in total. The van der Waals surface area contributed by atoms with Crippen molar-refractivity contribution in [3.8, 4) is 5.75 Å². The predicted octanol–water partition coefficient (Wildman–Crippen LogP) is 1.01. The molecular formula is C8H11N3OS. The van der Waals surface area contributed by atoms with Crippen LogP contribution < -0.4 is 10.6 Å². The van der Waals surface area contributed by atoms with Gasteiger partial charge in [0.25, 0.3) is 0 Å². The standard InChI is InChI=1S/C8H11N3OS/c1-5-3-4-6(12)7(10-5)11-8(13)9-2/h3-4,12H,1-2H3,(H2,9,10,11,13). The Bertz CT molecular complexity index is 327. The molecular weight excluding hydrogens is 186 g/mol. The van der Waals surface area contributed by atoms with Gasteiger partial charge in [-0.3, -0.25) is 0 Å². The molecule has 1 heterocycles. The first-order chi connectivity index (χ1) is 6.13. The Balaban J connectivity index is 2.87. The van der Waals surface area contributed by atoms with Crippen molar-refractivity contribution < 1.29 is 5.11 Å². The number of pyridine rings is 1. The lowest BCUT2D eigenvalue weighted by Crippen LogP contribution is -2.24. The van der Waals surface area contributed by atoms with Gasteiger partial charge >= 0.3 is 0 Å². The van der Waals surface area contributed by atoms with Crippen LogP contribution >= 0.6 is 12.2 Å². The number of hydrogen-bond acceptors (Lipinski definition) is 3. The van der Waals surface area contributed by atoms with E-state index in [0.717, 1.165) is 5.69 Å². The van der Waals surface area contributed by atoms with Crippen molar-refractivity contribution >= 4 is 23.1 Å². The first-order valence-electron chi connectivity index (χ1n) is 3.79. The quantitative estimate of drug-likeness (QED) is 0.587. The molecule has 3 N–H and O–H groups in total. The van der Waals surface area contributed by atoms with E-state index in [2.05, 4.69) is 15.6 Å². The zero-order valence-electron chi connectivity index (χ0n) is 7.46. The zero-order valence-corrected chi connectivity index (χ0v) is 8.27. The number of anilines is 1. The average Bonchev–Trinajstić information content (AvgIpc) is 2.11. The molecule has 1 aromatic heterocycles. The Morgan fingerprint density at radius 3 is 2.85 bits per heavy atom. The summed E-state index contributed by atoms with van der Waals surface area (Å²) in [6.45, 7) is 1.84. The molecule has 0 aliphatic carbocycles. The Hall–Kier alpha value is -1.36. The van der Waals surface area contributed by atoms with Gasteiger partial charge in [-0.15, -0.1) is 0 Å². The highest BCUT2D eigenvalue weighted by Crippen LogP contribution is 2.19. The normalized spacial score (nSPS) is 9.38. The summed E-state index contributed by atoms with van der Waals surface area (Å²) in [5.74, 6) is 0.461. The van der Waals surface area contributed by atoms with Crippen LogP contribution in [0.3, 0.4) is 0 Å². The van der Waals surface area contributed by atoms with E-state index in [-0.39, 0.29) is 5.75 Å². The molecule has 0 fully saturated rings. The molecule has 0 unspecified atom stereocenters. The molecule has 70 valence electrons. The van der Waals surface area contributed by atoms with E-state index >= 15 is 0 Å². The topological polar surface area (TPSA) is 57.2 Å². The van der Waals surface area contributed by atoms with Crippen LogP contribution in [-0.4, -0.2) is 22.3 Å². The Morgan fingerprint density at radius 1 is 1.54 bits per heavy atom. The van der Waals surface area contributed by atoms with Crippen LogP contribution in [-0.2, 0) is 0 Å². The summed E-state index contributed by atoms with van der Waals surface area (Å²) in [4.78, 5) is 4.07. The smallest absolute Gasteiger partial charge is 0.174 e. The minimum Gasteiger partial charge on any atom is -0.504 e. The van der Waals surface area contributed by atoms with Gasteiger partial charge in [0.2, 0.25) is 0 Å². The largest absolute Gasteiger partial charge is 0.504 e. The van der Waals surface area contributed by atoms with Crippen molar-refractivity contribution in [1.29, 1.82) is 0 Å². The number of nitrogens with zero attached hydrogens (tertiary/aromatic N) is 1. The summed E-state index contributed by atoms with van der Waals surface area (Å²) < 4.78 is 0. The van der Waals surface area contributed by atoms with Crippen molar-refractivity contribution in [2.24, 2.45) is 0 Å². The molecule has 0 aliphatic rings. The number of nitrogens with one attached hydrogen (secondary N) is 2. The summed E-state index contributed by atoms with van der Waals surface area (Å²) in [6.07, 6.45) is 0.